The molecule has 1 unspecified atom stereocenters. The van der Waals surface area contributed by atoms with E-state index in [9.17, 15) is 9.59 Å². The van der Waals surface area contributed by atoms with E-state index in [-0.39, 0.29) is 6.61 Å². The van der Waals surface area contributed by atoms with E-state index in [2.05, 4.69) is 11.9 Å². The van der Waals surface area contributed by atoms with Gasteiger partial charge in [-0.15, -0.1) is 0 Å². The minimum absolute atomic E-state index is 0.246. The Morgan fingerprint density at radius 2 is 1.90 bits per heavy atom. The van der Waals surface area contributed by atoms with Crippen molar-refractivity contribution in [3.05, 3.63) is 78.4 Å². The molecule has 0 aliphatic carbocycles. The number of amides is 1. The lowest BCUT2D eigenvalue weighted by Crippen LogP contribution is -2.42. The molecular weight excluding hydrogens is 382 g/mol. The second-order valence-electron chi connectivity index (χ2n) is 6.35. The van der Waals surface area contributed by atoms with Gasteiger partial charge in [-0.2, -0.15) is 0 Å². The number of nitrogens with one attached hydrogen (secondary N) is 1. The van der Waals surface area contributed by atoms with Gasteiger partial charge in [-0.3, -0.25) is 4.79 Å². The monoisotopic (exact) mass is 409 g/mol. The second-order valence-corrected chi connectivity index (χ2v) is 6.35. The topological polar surface area (TPSA) is 73.9 Å². The lowest BCUT2D eigenvalue weighted by atomic mass is 10.1. The van der Waals surface area contributed by atoms with E-state index in [1.54, 1.807) is 44.4 Å². The molecule has 1 amide bonds. The van der Waals surface area contributed by atoms with Gasteiger partial charge in [0.05, 0.1) is 13.7 Å². The molecule has 1 N–H and O–H groups in total. The van der Waals surface area contributed by atoms with Gasteiger partial charge in [-0.25, -0.2) is 4.79 Å². The minimum Gasteiger partial charge on any atom is -0.493 e. The smallest absolute Gasteiger partial charge is 0.328 e. The van der Waals surface area contributed by atoms with E-state index >= 15 is 0 Å². The molecule has 2 aromatic carbocycles. The molecule has 1 atom stereocenters. The first-order chi connectivity index (χ1) is 14.6. The van der Waals surface area contributed by atoms with E-state index in [0.29, 0.717) is 24.5 Å². The lowest BCUT2D eigenvalue weighted by molar-refractivity contribution is -0.146. The molecule has 0 aliphatic rings. The average molecular weight is 409 g/mol. The third-order valence-corrected chi connectivity index (χ3v) is 4.14. The minimum atomic E-state index is -0.770. The molecule has 0 saturated heterocycles. The quantitative estimate of drug-likeness (QED) is 0.349. The Morgan fingerprint density at radius 1 is 1.13 bits per heavy atom. The van der Waals surface area contributed by atoms with Crippen molar-refractivity contribution >= 4 is 18.0 Å². The van der Waals surface area contributed by atoms with Gasteiger partial charge < -0.3 is 19.5 Å². The number of carbonyl (C=O) groups excluding carboxylic acids is 2. The highest BCUT2D eigenvalue weighted by atomic mass is 16.5. The standard InChI is InChI=1S/C24H27NO5/c1-4-15-30-21-13-11-19(17-22(21)28-3)12-14-23(26)25-20(24(27)29-5-2)16-18-9-7-6-8-10-18/h4,6-14,17,20H,1,5,15-16H2,2-3H3,(H,25,26)/b14-12+. The molecule has 6 nitrogen and oxygen atoms in total. The van der Waals surface area contributed by atoms with Crippen molar-refractivity contribution in [3.8, 4) is 11.5 Å². The fraction of sp³-hybridized carbons (Fsp3) is 0.250. The molecule has 2 rings (SSSR count). The summed E-state index contributed by atoms with van der Waals surface area (Å²) in [5.41, 5.74) is 1.68. The Bertz CT molecular complexity index is 876. The Morgan fingerprint density at radius 3 is 2.57 bits per heavy atom. The van der Waals surface area contributed by atoms with E-state index < -0.39 is 17.9 Å². The molecule has 0 aromatic heterocycles. The highest BCUT2D eigenvalue weighted by Gasteiger charge is 2.21. The van der Waals surface area contributed by atoms with E-state index in [4.69, 9.17) is 14.2 Å². The van der Waals surface area contributed by atoms with Gasteiger partial charge in [0.25, 0.3) is 0 Å². The molecule has 158 valence electrons. The zero-order valence-electron chi connectivity index (χ0n) is 17.3. The summed E-state index contributed by atoms with van der Waals surface area (Å²) in [5.74, 6) is 0.278. The zero-order valence-corrected chi connectivity index (χ0v) is 17.3. The molecule has 0 spiro atoms. The average Bonchev–Trinajstić information content (AvgIpc) is 2.77. The first-order valence-electron chi connectivity index (χ1n) is 9.68. The molecule has 0 heterocycles. The van der Waals surface area contributed by atoms with Crippen LogP contribution in [0.15, 0.2) is 67.3 Å². The Balaban J connectivity index is 2.07. The van der Waals surface area contributed by atoms with Crippen molar-refractivity contribution in [1.82, 2.24) is 5.32 Å². The van der Waals surface area contributed by atoms with Crippen LogP contribution in [-0.2, 0) is 20.7 Å². The lowest BCUT2D eigenvalue weighted by Gasteiger charge is -2.16. The predicted octanol–water partition coefficient (Wildman–Crippen LogP) is 3.56. The molecule has 0 aliphatic heterocycles. The number of ether oxygens (including phenoxy) is 3. The Kier molecular flexibility index (Phi) is 9.18. The van der Waals surface area contributed by atoms with Gasteiger partial charge in [-0.05, 0) is 36.3 Å². The maximum Gasteiger partial charge on any atom is 0.328 e. The number of methoxy groups -OCH3 is 1. The fourth-order valence-corrected chi connectivity index (χ4v) is 2.73. The van der Waals surface area contributed by atoms with Gasteiger partial charge in [0.15, 0.2) is 11.5 Å². The summed E-state index contributed by atoms with van der Waals surface area (Å²) < 4.78 is 15.9. The molecule has 6 heteroatoms. The van der Waals surface area contributed by atoms with Gasteiger partial charge in [-0.1, -0.05) is 49.1 Å². The maximum atomic E-state index is 12.4. The third-order valence-electron chi connectivity index (χ3n) is 4.14. The summed E-state index contributed by atoms with van der Waals surface area (Å²) >= 11 is 0. The first kappa shape index (κ1) is 22.7. The highest BCUT2D eigenvalue weighted by Crippen LogP contribution is 2.28. The van der Waals surface area contributed by atoms with E-state index in [0.717, 1.165) is 11.1 Å². The number of hydrogen-bond acceptors (Lipinski definition) is 5. The fourth-order valence-electron chi connectivity index (χ4n) is 2.73. The molecular formula is C24H27NO5. The van der Waals surface area contributed by atoms with Crippen molar-refractivity contribution in [2.75, 3.05) is 20.3 Å². The molecule has 30 heavy (non-hydrogen) atoms. The zero-order chi connectivity index (χ0) is 21.8. The molecule has 0 radical (unpaired) electrons. The highest BCUT2D eigenvalue weighted by molar-refractivity contribution is 5.94. The van der Waals surface area contributed by atoms with Crippen LogP contribution < -0.4 is 14.8 Å². The summed E-state index contributed by atoms with van der Waals surface area (Å²) in [4.78, 5) is 24.7. The van der Waals surface area contributed by atoms with Gasteiger partial charge >= 0.3 is 5.97 Å². The van der Waals surface area contributed by atoms with Crippen LogP contribution in [0.5, 0.6) is 11.5 Å². The summed E-state index contributed by atoms with van der Waals surface area (Å²) in [6, 6.07) is 14.0. The van der Waals surface area contributed by atoms with Gasteiger partial charge in [0.2, 0.25) is 5.91 Å². The number of hydrogen-bond donors (Lipinski definition) is 1. The maximum absolute atomic E-state index is 12.4. The largest absolute Gasteiger partial charge is 0.493 e. The molecule has 0 bridgehead atoms. The van der Waals surface area contributed by atoms with Crippen LogP contribution in [0.3, 0.4) is 0 Å². The van der Waals surface area contributed by atoms with Crippen LogP contribution >= 0.6 is 0 Å². The van der Waals surface area contributed by atoms with Crippen LogP contribution in [0.25, 0.3) is 6.08 Å². The second kappa shape index (κ2) is 12.1. The number of rotatable bonds is 11. The molecule has 0 saturated carbocycles. The summed E-state index contributed by atoms with van der Waals surface area (Å²) in [7, 11) is 1.55. The normalized spacial score (nSPS) is 11.5. The van der Waals surface area contributed by atoms with Crippen molar-refractivity contribution in [2.24, 2.45) is 0 Å². The van der Waals surface area contributed by atoms with Crippen LogP contribution in [0, 0.1) is 0 Å². The summed E-state index contributed by atoms with van der Waals surface area (Å²) in [6.07, 6.45) is 5.01. The van der Waals surface area contributed by atoms with Crippen molar-refractivity contribution in [2.45, 2.75) is 19.4 Å². The van der Waals surface area contributed by atoms with Crippen molar-refractivity contribution in [3.63, 3.8) is 0 Å². The number of esters is 1. The molecule has 2 aromatic rings. The first-order valence-corrected chi connectivity index (χ1v) is 9.68. The summed E-state index contributed by atoms with van der Waals surface area (Å²) in [5, 5.41) is 2.72. The molecule has 0 fully saturated rings. The van der Waals surface area contributed by atoms with Crippen LogP contribution in [0.1, 0.15) is 18.1 Å². The Labute approximate surface area is 177 Å². The van der Waals surface area contributed by atoms with Crippen LogP contribution in [-0.4, -0.2) is 38.2 Å². The van der Waals surface area contributed by atoms with E-state index in [1.807, 2.05) is 30.3 Å². The number of benzene rings is 2. The van der Waals surface area contributed by atoms with Crippen LogP contribution in [0.2, 0.25) is 0 Å². The predicted molar refractivity (Wildman–Crippen MR) is 116 cm³/mol. The van der Waals surface area contributed by atoms with Crippen molar-refractivity contribution < 1.29 is 23.8 Å². The van der Waals surface area contributed by atoms with Crippen molar-refractivity contribution in [1.29, 1.82) is 0 Å². The van der Waals surface area contributed by atoms with Crippen LogP contribution in [0.4, 0.5) is 0 Å². The SMILES string of the molecule is C=CCOc1ccc(/C=C/C(=O)NC(Cc2ccccc2)C(=O)OCC)cc1OC. The third kappa shape index (κ3) is 7.13. The number of carbonyl (C=O) groups is 2. The van der Waals surface area contributed by atoms with Gasteiger partial charge in [0, 0.05) is 12.5 Å². The Hall–Kier alpha value is -3.54. The van der Waals surface area contributed by atoms with Gasteiger partial charge in [0.1, 0.15) is 12.6 Å². The van der Waals surface area contributed by atoms with E-state index in [1.165, 1.54) is 6.08 Å². The summed E-state index contributed by atoms with van der Waals surface area (Å²) in [6.45, 7) is 5.96.